The number of nitrogens with one attached hydrogen (secondary N) is 2. The number of benzene rings is 3. The van der Waals surface area contributed by atoms with Gasteiger partial charge in [-0.15, -0.1) is 0 Å². The molecule has 2 N–H and O–H groups in total. The summed E-state index contributed by atoms with van der Waals surface area (Å²) in [6.45, 7) is 2.14. The monoisotopic (exact) mass is 454 g/mol. The van der Waals surface area contributed by atoms with Crippen LogP contribution in [0.5, 0.6) is 17.2 Å². The maximum Gasteiger partial charge on any atom is 0.255 e. The smallest absolute Gasteiger partial charge is 0.255 e. The Morgan fingerprint density at radius 2 is 1.75 bits per heavy atom. The summed E-state index contributed by atoms with van der Waals surface area (Å²) in [5.74, 6) is 1.18. The highest BCUT2D eigenvalue weighted by atomic mass is 32.2. The predicted octanol–water partition coefficient (Wildman–Crippen LogP) is 3.46. The van der Waals surface area contributed by atoms with Crippen LogP contribution in [0, 0.1) is 6.92 Å². The summed E-state index contributed by atoms with van der Waals surface area (Å²) in [6, 6.07) is 16.6. The zero-order chi connectivity index (χ0) is 22.7. The Balaban J connectivity index is 1.52. The minimum absolute atomic E-state index is 0.00162. The molecule has 0 fully saturated rings. The van der Waals surface area contributed by atoms with E-state index in [1.54, 1.807) is 30.3 Å². The molecule has 1 amide bonds. The van der Waals surface area contributed by atoms with Gasteiger partial charge in [-0.2, -0.15) is 0 Å². The maximum absolute atomic E-state index is 12.9. The number of methoxy groups -OCH3 is 1. The number of anilines is 1. The molecule has 32 heavy (non-hydrogen) atoms. The van der Waals surface area contributed by atoms with Gasteiger partial charge in [-0.05, 0) is 55.0 Å². The Morgan fingerprint density at radius 1 is 1.00 bits per heavy atom. The van der Waals surface area contributed by atoms with Gasteiger partial charge in [0.1, 0.15) is 5.75 Å². The number of fused-ring (bicyclic) bond motifs is 1. The normalized spacial score (nSPS) is 12.4. The van der Waals surface area contributed by atoms with Crippen LogP contribution >= 0.6 is 0 Å². The van der Waals surface area contributed by atoms with E-state index < -0.39 is 10.0 Å². The molecule has 0 saturated heterocycles. The molecule has 0 unspecified atom stereocenters. The number of aryl methyl sites for hydroxylation is 1. The molecule has 3 aromatic carbocycles. The van der Waals surface area contributed by atoms with Crippen molar-refractivity contribution >= 4 is 21.6 Å². The first-order valence-corrected chi connectivity index (χ1v) is 11.3. The van der Waals surface area contributed by atoms with E-state index >= 15 is 0 Å². The second-order valence-corrected chi connectivity index (χ2v) is 8.96. The van der Waals surface area contributed by atoms with E-state index in [9.17, 15) is 13.2 Å². The van der Waals surface area contributed by atoms with Crippen molar-refractivity contribution in [3.63, 3.8) is 0 Å². The minimum atomic E-state index is -3.85. The van der Waals surface area contributed by atoms with Crippen molar-refractivity contribution in [2.45, 2.75) is 18.4 Å². The molecule has 0 saturated carbocycles. The van der Waals surface area contributed by atoms with Gasteiger partial charge in [0.15, 0.2) is 11.5 Å². The fraction of sp³-hybridized carbons (Fsp3) is 0.174. The van der Waals surface area contributed by atoms with Gasteiger partial charge in [0.05, 0.1) is 17.7 Å². The lowest BCUT2D eigenvalue weighted by Gasteiger charge is -2.13. The summed E-state index contributed by atoms with van der Waals surface area (Å²) >= 11 is 0. The van der Waals surface area contributed by atoms with Crippen LogP contribution in [0.1, 0.15) is 21.5 Å². The number of carbonyl (C=O) groups excluding carboxylic acids is 1. The van der Waals surface area contributed by atoms with E-state index in [0.29, 0.717) is 22.8 Å². The Morgan fingerprint density at radius 3 is 2.50 bits per heavy atom. The standard InChI is InChI=1S/C23H22N2O6S/c1-15-3-6-17(7-4-15)23(26)25-19-12-18(8-10-20(19)29-2)32(27,28)24-13-16-5-9-21-22(11-16)31-14-30-21/h3-12,24H,13-14H2,1-2H3,(H,25,26). The van der Waals surface area contributed by atoms with Crippen molar-refractivity contribution in [1.29, 1.82) is 0 Å². The quantitative estimate of drug-likeness (QED) is 0.567. The van der Waals surface area contributed by atoms with Crippen LogP contribution in [0.4, 0.5) is 5.69 Å². The van der Waals surface area contributed by atoms with Gasteiger partial charge in [0, 0.05) is 12.1 Å². The average Bonchev–Trinajstić information content (AvgIpc) is 3.26. The fourth-order valence-electron chi connectivity index (χ4n) is 3.16. The van der Waals surface area contributed by atoms with E-state index in [1.165, 1.54) is 25.3 Å². The maximum atomic E-state index is 12.9. The lowest BCUT2D eigenvalue weighted by atomic mass is 10.1. The first kappa shape index (κ1) is 21.7. The summed E-state index contributed by atoms with van der Waals surface area (Å²) < 4.78 is 44.2. The van der Waals surface area contributed by atoms with E-state index in [0.717, 1.165) is 11.1 Å². The highest BCUT2D eigenvalue weighted by Gasteiger charge is 2.19. The summed E-state index contributed by atoms with van der Waals surface area (Å²) in [4.78, 5) is 12.6. The molecule has 8 nitrogen and oxygen atoms in total. The van der Waals surface area contributed by atoms with Crippen LogP contribution in [0.15, 0.2) is 65.6 Å². The molecule has 166 valence electrons. The molecular weight excluding hydrogens is 432 g/mol. The zero-order valence-electron chi connectivity index (χ0n) is 17.5. The van der Waals surface area contributed by atoms with Crippen molar-refractivity contribution in [2.75, 3.05) is 19.2 Å². The Bertz CT molecular complexity index is 1260. The first-order chi connectivity index (χ1) is 15.4. The highest BCUT2D eigenvalue weighted by molar-refractivity contribution is 7.89. The van der Waals surface area contributed by atoms with Gasteiger partial charge in [-0.25, -0.2) is 13.1 Å². The Labute approximate surface area is 186 Å². The molecule has 0 aliphatic carbocycles. The van der Waals surface area contributed by atoms with Gasteiger partial charge >= 0.3 is 0 Å². The molecule has 1 aliphatic rings. The minimum Gasteiger partial charge on any atom is -0.495 e. The molecule has 1 heterocycles. The molecule has 0 atom stereocenters. The van der Waals surface area contributed by atoms with E-state index in [2.05, 4.69) is 10.0 Å². The van der Waals surface area contributed by atoms with Gasteiger partial charge < -0.3 is 19.5 Å². The molecule has 9 heteroatoms. The molecule has 4 rings (SSSR count). The Hall–Kier alpha value is -3.56. The highest BCUT2D eigenvalue weighted by Crippen LogP contribution is 2.33. The lowest BCUT2D eigenvalue weighted by molar-refractivity contribution is 0.102. The number of hydrogen-bond acceptors (Lipinski definition) is 6. The van der Waals surface area contributed by atoms with Crippen molar-refractivity contribution in [3.05, 3.63) is 77.4 Å². The molecule has 1 aliphatic heterocycles. The van der Waals surface area contributed by atoms with Crippen LogP contribution < -0.4 is 24.2 Å². The third-order valence-electron chi connectivity index (χ3n) is 4.95. The second kappa shape index (κ2) is 8.89. The molecule has 0 radical (unpaired) electrons. The number of hydrogen-bond donors (Lipinski definition) is 2. The third kappa shape index (κ3) is 4.68. The van der Waals surface area contributed by atoms with Crippen molar-refractivity contribution in [1.82, 2.24) is 4.72 Å². The van der Waals surface area contributed by atoms with Crippen LogP contribution in [0.25, 0.3) is 0 Å². The average molecular weight is 455 g/mol. The summed E-state index contributed by atoms with van der Waals surface area (Å²) in [5, 5.41) is 2.73. The molecule has 0 aromatic heterocycles. The molecule has 0 bridgehead atoms. The van der Waals surface area contributed by atoms with E-state index in [-0.39, 0.29) is 29.8 Å². The van der Waals surface area contributed by atoms with E-state index in [1.807, 2.05) is 19.1 Å². The van der Waals surface area contributed by atoms with Crippen molar-refractivity contribution < 1.29 is 27.4 Å². The van der Waals surface area contributed by atoms with Crippen LogP contribution in [-0.2, 0) is 16.6 Å². The van der Waals surface area contributed by atoms with Crippen LogP contribution in [0.3, 0.4) is 0 Å². The van der Waals surface area contributed by atoms with Gasteiger partial charge in [0.2, 0.25) is 16.8 Å². The van der Waals surface area contributed by atoms with Gasteiger partial charge in [0.25, 0.3) is 5.91 Å². The lowest BCUT2D eigenvalue weighted by Crippen LogP contribution is -2.23. The van der Waals surface area contributed by atoms with Crippen molar-refractivity contribution in [3.8, 4) is 17.2 Å². The number of rotatable bonds is 7. The van der Waals surface area contributed by atoms with Gasteiger partial charge in [-0.3, -0.25) is 4.79 Å². The van der Waals surface area contributed by atoms with Crippen LogP contribution in [0.2, 0.25) is 0 Å². The second-order valence-electron chi connectivity index (χ2n) is 7.19. The predicted molar refractivity (Wildman–Crippen MR) is 119 cm³/mol. The third-order valence-corrected chi connectivity index (χ3v) is 6.35. The van der Waals surface area contributed by atoms with Crippen molar-refractivity contribution in [2.24, 2.45) is 0 Å². The number of ether oxygens (including phenoxy) is 3. The SMILES string of the molecule is COc1ccc(S(=O)(=O)NCc2ccc3c(c2)OCO3)cc1NC(=O)c1ccc(C)cc1. The zero-order valence-corrected chi connectivity index (χ0v) is 18.4. The van der Waals surface area contributed by atoms with Gasteiger partial charge in [-0.1, -0.05) is 23.8 Å². The Kier molecular flexibility index (Phi) is 6.02. The largest absolute Gasteiger partial charge is 0.495 e. The molecule has 3 aromatic rings. The number of sulfonamides is 1. The van der Waals surface area contributed by atoms with E-state index in [4.69, 9.17) is 14.2 Å². The summed E-state index contributed by atoms with van der Waals surface area (Å²) in [6.07, 6.45) is 0. The molecular formula is C23H22N2O6S. The summed E-state index contributed by atoms with van der Waals surface area (Å²) in [7, 11) is -2.41. The fourth-order valence-corrected chi connectivity index (χ4v) is 4.21. The topological polar surface area (TPSA) is 103 Å². The first-order valence-electron chi connectivity index (χ1n) is 9.80. The number of amides is 1. The van der Waals surface area contributed by atoms with Crippen LogP contribution in [-0.4, -0.2) is 28.2 Å². The molecule has 0 spiro atoms. The summed E-state index contributed by atoms with van der Waals surface area (Å²) in [5.41, 5.74) is 2.45. The number of carbonyl (C=O) groups is 1.